The molecule has 1 aliphatic rings. The molecule has 1 N–H and O–H groups in total. The van der Waals surface area contributed by atoms with Gasteiger partial charge in [0.05, 0.1) is 17.5 Å². The first kappa shape index (κ1) is 22.2. The number of rotatable bonds is 7. The number of amides is 1. The number of hydrogen-bond donors (Lipinski definition) is 1. The summed E-state index contributed by atoms with van der Waals surface area (Å²) in [5.41, 5.74) is 3.93. The molecule has 168 valence electrons. The standard InChI is InChI=1S/C26H33N5O/c1-4-24-23(15-29-31(24)25-11-7-8-12-27-25)26(32)28-14-21-9-5-6-10-22(21)18-30-16-19(2)13-20(3)17-30/h5-12,15,19-20H,4,13-14,16-18H2,1-3H3,(H,28,32). The third-order valence-corrected chi connectivity index (χ3v) is 6.21. The number of carbonyl (C=O) groups excluding carboxylic acids is 1. The fourth-order valence-electron chi connectivity index (χ4n) is 4.90. The van der Waals surface area contributed by atoms with Crippen LogP contribution in [0.2, 0.25) is 0 Å². The fourth-order valence-corrected chi connectivity index (χ4v) is 4.90. The Hall–Kier alpha value is -2.99. The van der Waals surface area contributed by atoms with Gasteiger partial charge < -0.3 is 5.32 Å². The molecule has 1 saturated heterocycles. The number of piperidine rings is 1. The summed E-state index contributed by atoms with van der Waals surface area (Å²) in [7, 11) is 0. The molecule has 0 aliphatic carbocycles. The van der Waals surface area contributed by atoms with Crippen LogP contribution >= 0.6 is 0 Å². The van der Waals surface area contributed by atoms with Gasteiger partial charge in [-0.3, -0.25) is 9.69 Å². The quantitative estimate of drug-likeness (QED) is 0.608. The number of hydrogen-bond acceptors (Lipinski definition) is 4. The van der Waals surface area contributed by atoms with Crippen LogP contribution in [0.5, 0.6) is 0 Å². The lowest BCUT2D eigenvalue weighted by Gasteiger charge is -2.35. The number of benzene rings is 1. The van der Waals surface area contributed by atoms with E-state index in [9.17, 15) is 4.79 Å². The van der Waals surface area contributed by atoms with Crippen molar-refractivity contribution in [1.82, 2.24) is 25.0 Å². The van der Waals surface area contributed by atoms with Crippen LogP contribution < -0.4 is 5.32 Å². The maximum Gasteiger partial charge on any atom is 0.255 e. The lowest BCUT2D eigenvalue weighted by Crippen LogP contribution is -2.38. The van der Waals surface area contributed by atoms with Crippen LogP contribution in [-0.4, -0.2) is 38.7 Å². The SMILES string of the molecule is CCc1c(C(=O)NCc2ccccc2CN2CC(C)CC(C)C2)cnn1-c1ccccn1. The first-order valence-corrected chi connectivity index (χ1v) is 11.6. The topological polar surface area (TPSA) is 63.1 Å². The molecule has 1 fully saturated rings. The lowest BCUT2D eigenvalue weighted by atomic mass is 9.91. The molecule has 1 amide bonds. The van der Waals surface area contributed by atoms with Crippen molar-refractivity contribution in [2.45, 2.75) is 46.7 Å². The van der Waals surface area contributed by atoms with Crippen molar-refractivity contribution in [2.24, 2.45) is 11.8 Å². The van der Waals surface area contributed by atoms with E-state index in [1.54, 1.807) is 17.1 Å². The Morgan fingerprint density at radius 3 is 2.47 bits per heavy atom. The summed E-state index contributed by atoms with van der Waals surface area (Å²) < 4.78 is 1.75. The van der Waals surface area contributed by atoms with Gasteiger partial charge >= 0.3 is 0 Å². The van der Waals surface area contributed by atoms with Crippen LogP contribution in [0.25, 0.3) is 5.82 Å². The first-order valence-electron chi connectivity index (χ1n) is 11.6. The number of pyridine rings is 1. The molecule has 3 aromatic rings. The summed E-state index contributed by atoms with van der Waals surface area (Å²) in [6.07, 6.45) is 5.38. The predicted molar refractivity (Wildman–Crippen MR) is 127 cm³/mol. The smallest absolute Gasteiger partial charge is 0.255 e. The third-order valence-electron chi connectivity index (χ3n) is 6.21. The Morgan fingerprint density at radius 2 is 1.78 bits per heavy atom. The number of likely N-dealkylation sites (tertiary alicyclic amines) is 1. The van der Waals surface area contributed by atoms with Crippen LogP contribution in [0, 0.1) is 11.8 Å². The molecule has 32 heavy (non-hydrogen) atoms. The Morgan fingerprint density at radius 1 is 1.06 bits per heavy atom. The largest absolute Gasteiger partial charge is 0.348 e. The predicted octanol–water partition coefficient (Wildman–Crippen LogP) is 4.24. The molecule has 4 rings (SSSR count). The van der Waals surface area contributed by atoms with Gasteiger partial charge in [-0.05, 0) is 47.9 Å². The zero-order valence-electron chi connectivity index (χ0n) is 19.3. The second-order valence-corrected chi connectivity index (χ2v) is 9.05. The molecule has 3 heterocycles. The van der Waals surface area contributed by atoms with Gasteiger partial charge in [0.2, 0.25) is 0 Å². The molecular weight excluding hydrogens is 398 g/mol. The Labute approximate surface area is 190 Å². The summed E-state index contributed by atoms with van der Waals surface area (Å²) in [6.45, 7) is 10.4. The van der Waals surface area contributed by atoms with Crippen molar-refractivity contribution in [3.8, 4) is 5.82 Å². The molecule has 6 heteroatoms. The van der Waals surface area contributed by atoms with Crippen molar-refractivity contribution in [3.63, 3.8) is 0 Å². The molecule has 0 radical (unpaired) electrons. The molecular formula is C26H33N5O. The van der Waals surface area contributed by atoms with Crippen molar-refractivity contribution >= 4 is 5.91 Å². The van der Waals surface area contributed by atoms with E-state index in [4.69, 9.17) is 0 Å². The van der Waals surface area contributed by atoms with E-state index in [0.717, 1.165) is 43.0 Å². The Kier molecular flexibility index (Phi) is 7.00. The molecule has 2 aromatic heterocycles. The van der Waals surface area contributed by atoms with E-state index in [0.29, 0.717) is 18.5 Å². The minimum absolute atomic E-state index is 0.0981. The van der Waals surface area contributed by atoms with Gasteiger partial charge in [0.1, 0.15) is 0 Å². The summed E-state index contributed by atoms with van der Waals surface area (Å²) in [5, 5.41) is 7.55. The zero-order valence-corrected chi connectivity index (χ0v) is 19.3. The van der Waals surface area contributed by atoms with Crippen LogP contribution in [0.15, 0.2) is 54.9 Å². The Balaban J connectivity index is 1.46. The van der Waals surface area contributed by atoms with Crippen LogP contribution in [0.3, 0.4) is 0 Å². The molecule has 0 spiro atoms. The number of nitrogens with one attached hydrogen (secondary N) is 1. The van der Waals surface area contributed by atoms with E-state index in [2.05, 4.69) is 52.3 Å². The van der Waals surface area contributed by atoms with Crippen LogP contribution in [0.1, 0.15) is 54.4 Å². The minimum atomic E-state index is -0.0981. The van der Waals surface area contributed by atoms with Gasteiger partial charge in [0.25, 0.3) is 5.91 Å². The molecule has 2 unspecified atom stereocenters. The molecule has 6 nitrogen and oxygen atoms in total. The summed E-state index contributed by atoms with van der Waals surface area (Å²) >= 11 is 0. The average molecular weight is 432 g/mol. The highest BCUT2D eigenvalue weighted by molar-refractivity contribution is 5.95. The minimum Gasteiger partial charge on any atom is -0.348 e. The van der Waals surface area contributed by atoms with Gasteiger partial charge in [0, 0.05) is 32.4 Å². The second kappa shape index (κ2) is 10.1. The van der Waals surface area contributed by atoms with Crippen LogP contribution in [0.4, 0.5) is 0 Å². The van der Waals surface area contributed by atoms with Crippen molar-refractivity contribution < 1.29 is 4.79 Å². The van der Waals surface area contributed by atoms with Gasteiger partial charge in [-0.2, -0.15) is 5.10 Å². The van der Waals surface area contributed by atoms with Gasteiger partial charge in [-0.25, -0.2) is 9.67 Å². The summed E-state index contributed by atoms with van der Waals surface area (Å²) in [4.78, 5) is 19.9. The van der Waals surface area contributed by atoms with E-state index < -0.39 is 0 Å². The average Bonchev–Trinajstić information content (AvgIpc) is 3.22. The molecule has 1 aromatic carbocycles. The molecule has 0 bridgehead atoms. The van der Waals surface area contributed by atoms with Crippen molar-refractivity contribution in [1.29, 1.82) is 0 Å². The highest BCUT2D eigenvalue weighted by Gasteiger charge is 2.22. The lowest BCUT2D eigenvalue weighted by molar-refractivity contribution is 0.0949. The molecule has 1 aliphatic heterocycles. The summed E-state index contributed by atoms with van der Waals surface area (Å²) in [5.74, 6) is 2.08. The normalized spacial score (nSPS) is 19.1. The molecule has 2 atom stereocenters. The number of carbonyl (C=O) groups is 1. The van der Waals surface area contributed by atoms with Gasteiger partial charge in [-0.1, -0.05) is 51.1 Å². The van der Waals surface area contributed by atoms with Crippen LogP contribution in [-0.2, 0) is 19.5 Å². The highest BCUT2D eigenvalue weighted by Crippen LogP contribution is 2.23. The van der Waals surface area contributed by atoms with Gasteiger partial charge in [0.15, 0.2) is 5.82 Å². The monoisotopic (exact) mass is 431 g/mol. The number of nitrogens with zero attached hydrogens (tertiary/aromatic N) is 4. The molecule has 0 saturated carbocycles. The maximum atomic E-state index is 13.0. The Bertz CT molecular complexity index is 1040. The first-order chi connectivity index (χ1) is 15.5. The van der Waals surface area contributed by atoms with E-state index in [1.165, 1.54) is 17.5 Å². The fraction of sp³-hybridized carbons (Fsp3) is 0.423. The van der Waals surface area contributed by atoms with Crippen molar-refractivity contribution in [2.75, 3.05) is 13.1 Å². The number of aromatic nitrogens is 3. The van der Waals surface area contributed by atoms with Crippen molar-refractivity contribution in [3.05, 3.63) is 77.2 Å². The van der Waals surface area contributed by atoms with E-state index in [-0.39, 0.29) is 5.91 Å². The van der Waals surface area contributed by atoms with Gasteiger partial charge in [-0.15, -0.1) is 0 Å². The second-order valence-electron chi connectivity index (χ2n) is 9.05. The van der Waals surface area contributed by atoms with E-state index >= 15 is 0 Å². The maximum absolute atomic E-state index is 13.0. The zero-order chi connectivity index (χ0) is 22.5. The highest BCUT2D eigenvalue weighted by atomic mass is 16.1. The van der Waals surface area contributed by atoms with E-state index in [1.807, 2.05) is 31.2 Å². The third kappa shape index (κ3) is 5.07. The summed E-state index contributed by atoms with van der Waals surface area (Å²) in [6, 6.07) is 14.1.